The number of aromatic nitrogens is 2. The summed E-state index contributed by atoms with van der Waals surface area (Å²) < 4.78 is 42.1. The first-order chi connectivity index (χ1) is 26.6. The van der Waals surface area contributed by atoms with Crippen molar-refractivity contribution in [1.82, 2.24) is 24.3 Å². The number of fused-ring (bicyclic) bond motifs is 2. The molecule has 2 aliphatic heterocycles. The Balaban J connectivity index is 1.06. The molecule has 55 heavy (non-hydrogen) atoms. The highest BCUT2D eigenvalue weighted by Crippen LogP contribution is 2.39. The average molecular weight is 771 g/mol. The topological polar surface area (TPSA) is 172 Å². The molecule has 14 nitrogen and oxygen atoms in total. The van der Waals surface area contributed by atoms with Crippen molar-refractivity contribution < 1.29 is 37.4 Å². The number of phenolic OH excluding ortho intramolecular Hbond substituents is 1. The van der Waals surface area contributed by atoms with Gasteiger partial charge in [-0.3, -0.25) is 19.1 Å². The van der Waals surface area contributed by atoms with Crippen molar-refractivity contribution in [3.8, 4) is 22.6 Å². The van der Waals surface area contributed by atoms with E-state index in [0.29, 0.717) is 31.7 Å². The van der Waals surface area contributed by atoms with Gasteiger partial charge in [0.1, 0.15) is 16.3 Å². The summed E-state index contributed by atoms with van der Waals surface area (Å²) in [4.78, 5) is 42.0. The molecular weight excluding hydrogens is 725 g/mol. The molecule has 1 unspecified atom stereocenters. The molecule has 0 bridgehead atoms. The lowest BCUT2D eigenvalue weighted by molar-refractivity contribution is -0.139. The minimum atomic E-state index is -4.32. The molecule has 1 atom stereocenters. The van der Waals surface area contributed by atoms with Gasteiger partial charge in [-0.05, 0) is 67.1 Å². The van der Waals surface area contributed by atoms with Crippen LogP contribution in [0.5, 0.6) is 11.5 Å². The zero-order valence-corrected chi connectivity index (χ0v) is 31.6. The number of ether oxygens (including phenoxy) is 2. The van der Waals surface area contributed by atoms with Gasteiger partial charge in [-0.2, -0.15) is 5.10 Å². The molecule has 3 aliphatic rings. The molecular formula is C40H46N6O8S. The fourth-order valence-electron chi connectivity index (χ4n) is 7.63. The molecule has 1 fully saturated rings. The van der Waals surface area contributed by atoms with Crippen LogP contribution in [0.15, 0.2) is 78.0 Å². The Morgan fingerprint density at radius 2 is 1.87 bits per heavy atom. The van der Waals surface area contributed by atoms with Gasteiger partial charge in [-0.15, -0.1) is 0 Å². The van der Waals surface area contributed by atoms with E-state index in [4.69, 9.17) is 9.47 Å². The molecule has 1 saturated carbocycles. The molecule has 1 aromatic heterocycles. The van der Waals surface area contributed by atoms with Crippen LogP contribution in [0, 0.1) is 0 Å². The summed E-state index contributed by atoms with van der Waals surface area (Å²) in [5.74, 6) is -1.18. The third-order valence-electron chi connectivity index (χ3n) is 10.4. The standard InChI is InChI=1S/C40H46N6O8S/c1-44-24-30(23-42-44)29-9-7-8-27(22-29)17-21-53-25-33(46-39(49)32-12-5-6-13-35(32)55(46,51)52)40(50)45(31-10-3-2-4-11-31)20-19-41-18-16-28-14-15-34(47)37-38(28)54-26-36(48)43-37/h5-9,12-15,22-24,31,33,41,47H,2-4,10-11,16-21,25-26H2,1H3,(H,43,48). The van der Waals surface area contributed by atoms with Crippen LogP contribution < -0.4 is 15.4 Å². The van der Waals surface area contributed by atoms with E-state index in [1.165, 1.54) is 18.2 Å². The number of rotatable bonds is 15. The smallest absolute Gasteiger partial charge is 0.269 e. The number of carbonyl (C=O) groups is 3. The highest BCUT2D eigenvalue weighted by atomic mass is 32.2. The van der Waals surface area contributed by atoms with Crippen LogP contribution in [0.4, 0.5) is 5.69 Å². The van der Waals surface area contributed by atoms with Crippen molar-refractivity contribution in [2.75, 3.05) is 44.8 Å². The molecule has 1 aliphatic carbocycles. The van der Waals surface area contributed by atoms with Crippen LogP contribution in [0.2, 0.25) is 0 Å². The lowest BCUT2D eigenvalue weighted by Crippen LogP contribution is -2.56. The van der Waals surface area contributed by atoms with Crippen LogP contribution in [-0.4, -0.2) is 102 Å². The number of carbonyl (C=O) groups excluding carboxylic acids is 3. The van der Waals surface area contributed by atoms with Crippen molar-refractivity contribution in [3.63, 3.8) is 0 Å². The zero-order valence-electron chi connectivity index (χ0n) is 30.8. The number of benzene rings is 3. The van der Waals surface area contributed by atoms with Crippen molar-refractivity contribution in [2.24, 2.45) is 7.05 Å². The van der Waals surface area contributed by atoms with E-state index in [1.807, 2.05) is 37.5 Å². The van der Waals surface area contributed by atoms with Crippen molar-refractivity contribution in [2.45, 2.75) is 61.9 Å². The first-order valence-corrected chi connectivity index (χ1v) is 20.2. The number of aromatic hydroxyl groups is 1. The largest absolute Gasteiger partial charge is 0.506 e. The molecule has 7 rings (SSSR count). The maximum Gasteiger partial charge on any atom is 0.269 e. The maximum atomic E-state index is 14.8. The van der Waals surface area contributed by atoms with Crippen molar-refractivity contribution in [1.29, 1.82) is 0 Å². The summed E-state index contributed by atoms with van der Waals surface area (Å²) in [6, 6.07) is 15.8. The molecule has 3 N–H and O–H groups in total. The number of hydrogen-bond donors (Lipinski definition) is 3. The summed E-state index contributed by atoms with van der Waals surface area (Å²) in [5, 5.41) is 20.5. The lowest BCUT2D eigenvalue weighted by atomic mass is 9.93. The minimum absolute atomic E-state index is 0.0402. The Labute approximate surface area is 320 Å². The number of aryl methyl sites for hydroxylation is 1. The predicted molar refractivity (Wildman–Crippen MR) is 204 cm³/mol. The number of amides is 3. The first kappa shape index (κ1) is 38.0. The monoisotopic (exact) mass is 770 g/mol. The Morgan fingerprint density at radius 3 is 2.65 bits per heavy atom. The van der Waals surface area contributed by atoms with Crippen LogP contribution in [0.25, 0.3) is 11.1 Å². The number of anilines is 1. The molecule has 0 spiro atoms. The lowest BCUT2D eigenvalue weighted by Gasteiger charge is -2.38. The molecule has 15 heteroatoms. The molecule has 3 heterocycles. The normalized spacial score (nSPS) is 16.9. The Bertz CT molecular complexity index is 2170. The summed E-state index contributed by atoms with van der Waals surface area (Å²) in [6.07, 6.45) is 9.25. The molecule has 4 aromatic rings. The summed E-state index contributed by atoms with van der Waals surface area (Å²) in [7, 11) is -2.46. The van der Waals surface area contributed by atoms with Crippen LogP contribution >= 0.6 is 0 Å². The van der Waals surface area contributed by atoms with Gasteiger partial charge in [0.25, 0.3) is 21.8 Å². The highest BCUT2D eigenvalue weighted by Gasteiger charge is 2.49. The number of sulfonamides is 1. The fourth-order valence-corrected chi connectivity index (χ4v) is 9.33. The van der Waals surface area contributed by atoms with Gasteiger partial charge in [0, 0.05) is 37.9 Å². The first-order valence-electron chi connectivity index (χ1n) is 18.7. The highest BCUT2D eigenvalue weighted by molar-refractivity contribution is 7.90. The van der Waals surface area contributed by atoms with Crippen LogP contribution in [-0.2, 0) is 44.2 Å². The van der Waals surface area contributed by atoms with Gasteiger partial charge in [-0.1, -0.05) is 61.7 Å². The maximum absolute atomic E-state index is 14.8. The SMILES string of the molecule is Cn1cc(-c2cccc(CCOCC(C(=O)N(CCNCCc3ccc(O)c4c3OCC(=O)N4)C3CCCCC3)N3C(=O)c4ccccc4S3(=O)=O)c2)cn1. The number of nitrogens with one attached hydrogen (secondary N) is 2. The van der Waals surface area contributed by atoms with E-state index in [2.05, 4.69) is 15.7 Å². The Morgan fingerprint density at radius 1 is 1.05 bits per heavy atom. The zero-order chi connectivity index (χ0) is 38.5. The predicted octanol–water partition coefficient (Wildman–Crippen LogP) is 3.89. The van der Waals surface area contributed by atoms with Gasteiger partial charge in [-0.25, -0.2) is 12.7 Å². The number of nitrogens with zero attached hydrogens (tertiary/aromatic N) is 4. The fraction of sp³-hybridized carbons (Fsp3) is 0.400. The van der Waals surface area contributed by atoms with Gasteiger partial charge >= 0.3 is 0 Å². The van der Waals surface area contributed by atoms with Crippen LogP contribution in [0.1, 0.15) is 53.6 Å². The van der Waals surface area contributed by atoms with Gasteiger partial charge < -0.3 is 30.1 Å². The van der Waals surface area contributed by atoms with E-state index in [-0.39, 0.29) is 60.2 Å². The van der Waals surface area contributed by atoms with E-state index in [9.17, 15) is 27.9 Å². The summed E-state index contributed by atoms with van der Waals surface area (Å²) in [6.45, 7) is 0.968. The molecule has 0 saturated heterocycles. The third kappa shape index (κ3) is 8.23. The van der Waals surface area contributed by atoms with Gasteiger partial charge in [0.2, 0.25) is 5.91 Å². The molecule has 290 valence electrons. The minimum Gasteiger partial charge on any atom is -0.506 e. The second kappa shape index (κ2) is 16.6. The van der Waals surface area contributed by atoms with E-state index in [1.54, 1.807) is 34.0 Å². The summed E-state index contributed by atoms with van der Waals surface area (Å²) >= 11 is 0. The van der Waals surface area contributed by atoms with E-state index < -0.39 is 27.9 Å². The summed E-state index contributed by atoms with van der Waals surface area (Å²) in [5.41, 5.74) is 4.08. The molecule has 3 amide bonds. The Hall–Kier alpha value is -5.25. The van der Waals surface area contributed by atoms with Gasteiger partial charge in [0.15, 0.2) is 18.4 Å². The Kier molecular flexibility index (Phi) is 11.5. The number of hydrogen-bond acceptors (Lipinski definition) is 10. The van der Waals surface area contributed by atoms with Crippen molar-refractivity contribution in [3.05, 3.63) is 89.7 Å². The molecule has 0 radical (unpaired) electrons. The number of phenols is 1. The second-order valence-electron chi connectivity index (χ2n) is 14.2. The third-order valence-corrected chi connectivity index (χ3v) is 12.3. The van der Waals surface area contributed by atoms with E-state index >= 15 is 0 Å². The quantitative estimate of drug-likeness (QED) is 0.119. The van der Waals surface area contributed by atoms with Gasteiger partial charge in [0.05, 0.1) is 25.0 Å². The van der Waals surface area contributed by atoms with Crippen LogP contribution in [0.3, 0.4) is 0 Å². The van der Waals surface area contributed by atoms with E-state index in [0.717, 1.165) is 58.7 Å². The molecule has 3 aromatic carbocycles. The van der Waals surface area contributed by atoms with Crippen molar-refractivity contribution >= 4 is 33.4 Å². The second-order valence-corrected chi connectivity index (χ2v) is 15.9. The average Bonchev–Trinajstić information content (AvgIpc) is 3.72.